The van der Waals surface area contributed by atoms with Crippen molar-refractivity contribution in [3.8, 4) is 11.5 Å². The smallest absolute Gasteiger partial charge is 0.246 e. The molecule has 1 heterocycles. The fourth-order valence-electron chi connectivity index (χ4n) is 4.53. The van der Waals surface area contributed by atoms with E-state index in [0.717, 1.165) is 55.8 Å². The lowest BCUT2D eigenvalue weighted by Crippen LogP contribution is -2.48. The van der Waals surface area contributed by atoms with Crippen LogP contribution >= 0.6 is 0 Å². The van der Waals surface area contributed by atoms with Gasteiger partial charge in [0.05, 0.1) is 7.11 Å². The normalized spacial score (nSPS) is 14.5. The van der Waals surface area contributed by atoms with Crippen LogP contribution in [0.3, 0.4) is 0 Å². The predicted molar refractivity (Wildman–Crippen MR) is 151 cm³/mol. The van der Waals surface area contributed by atoms with Crippen molar-refractivity contribution < 1.29 is 19.4 Å². The fraction of sp³-hybridized carbons (Fsp3) is 0.281. The van der Waals surface area contributed by atoms with Crippen molar-refractivity contribution in [2.45, 2.75) is 12.5 Å². The van der Waals surface area contributed by atoms with Crippen molar-refractivity contribution in [3.63, 3.8) is 0 Å². The SMILES string of the molecule is COc1cc(C=CC=CC(=O)N2CCN(CCCOC(c3ccccc3)c3ccccc3)CC2)ccc1O. The maximum Gasteiger partial charge on any atom is 0.246 e. The number of nitrogens with zero attached hydrogens (tertiary/aromatic N) is 2. The lowest BCUT2D eigenvalue weighted by Gasteiger charge is -2.34. The third-order valence-corrected chi connectivity index (χ3v) is 6.63. The standard InChI is InChI=1S/C32H36N2O4/c1-37-30-25-26(17-18-29(30)35)11-8-9-16-31(36)34-22-20-33(21-23-34)19-10-24-38-32(27-12-4-2-5-13-27)28-14-6-3-7-15-28/h2-9,11-18,25,32,35H,10,19-24H2,1H3. The van der Waals surface area contributed by atoms with Gasteiger partial charge >= 0.3 is 0 Å². The number of allylic oxidation sites excluding steroid dienone is 2. The minimum absolute atomic E-state index is 0.0227. The molecule has 4 rings (SSSR count). The molecule has 0 radical (unpaired) electrons. The van der Waals surface area contributed by atoms with Crippen LogP contribution in [-0.4, -0.2) is 67.3 Å². The molecule has 3 aromatic rings. The molecule has 0 aliphatic carbocycles. The number of piperazine rings is 1. The first-order valence-electron chi connectivity index (χ1n) is 13.1. The first-order chi connectivity index (χ1) is 18.6. The number of hydrogen-bond acceptors (Lipinski definition) is 5. The molecule has 1 fully saturated rings. The number of amides is 1. The Kier molecular flexibility index (Phi) is 10.1. The van der Waals surface area contributed by atoms with E-state index in [9.17, 15) is 9.90 Å². The van der Waals surface area contributed by atoms with Crippen LogP contribution in [-0.2, 0) is 9.53 Å². The molecule has 198 valence electrons. The Balaban J connectivity index is 1.18. The molecule has 0 saturated carbocycles. The summed E-state index contributed by atoms with van der Waals surface area (Å²) in [6, 6.07) is 25.8. The van der Waals surface area contributed by atoms with Gasteiger partial charge in [-0.2, -0.15) is 0 Å². The Morgan fingerprint density at radius 1 is 0.921 bits per heavy atom. The minimum atomic E-state index is -0.0659. The van der Waals surface area contributed by atoms with Crippen LogP contribution in [0.1, 0.15) is 29.2 Å². The largest absolute Gasteiger partial charge is 0.504 e. The Bertz CT molecular complexity index is 1160. The van der Waals surface area contributed by atoms with Crippen LogP contribution in [0, 0.1) is 0 Å². The molecule has 1 aliphatic rings. The summed E-state index contributed by atoms with van der Waals surface area (Å²) in [7, 11) is 1.52. The van der Waals surface area contributed by atoms with E-state index in [-0.39, 0.29) is 17.8 Å². The predicted octanol–water partition coefficient (Wildman–Crippen LogP) is 5.31. The molecule has 6 nitrogen and oxygen atoms in total. The van der Waals surface area contributed by atoms with Crippen molar-refractivity contribution in [3.05, 3.63) is 114 Å². The molecule has 0 aromatic heterocycles. The van der Waals surface area contributed by atoms with E-state index in [0.29, 0.717) is 12.4 Å². The van der Waals surface area contributed by atoms with Crippen molar-refractivity contribution in [2.24, 2.45) is 0 Å². The van der Waals surface area contributed by atoms with Gasteiger partial charge < -0.3 is 19.5 Å². The van der Waals surface area contributed by atoms with Crippen LogP contribution in [0.25, 0.3) is 6.08 Å². The third kappa shape index (κ3) is 7.81. The highest BCUT2D eigenvalue weighted by Crippen LogP contribution is 2.27. The highest BCUT2D eigenvalue weighted by Gasteiger charge is 2.19. The van der Waals surface area contributed by atoms with E-state index in [1.807, 2.05) is 53.5 Å². The molecule has 0 unspecified atom stereocenters. The van der Waals surface area contributed by atoms with Gasteiger partial charge in [0, 0.05) is 45.4 Å². The number of benzene rings is 3. The van der Waals surface area contributed by atoms with Gasteiger partial charge in [-0.05, 0) is 35.2 Å². The number of hydrogen-bond donors (Lipinski definition) is 1. The zero-order valence-electron chi connectivity index (χ0n) is 21.9. The Morgan fingerprint density at radius 3 is 2.21 bits per heavy atom. The zero-order chi connectivity index (χ0) is 26.6. The number of rotatable bonds is 11. The van der Waals surface area contributed by atoms with Gasteiger partial charge in [0.25, 0.3) is 0 Å². The number of phenols is 1. The molecule has 6 heteroatoms. The van der Waals surface area contributed by atoms with E-state index in [4.69, 9.17) is 9.47 Å². The van der Waals surface area contributed by atoms with Crippen LogP contribution in [0.2, 0.25) is 0 Å². The monoisotopic (exact) mass is 512 g/mol. The molecule has 3 aromatic carbocycles. The summed E-state index contributed by atoms with van der Waals surface area (Å²) in [4.78, 5) is 16.9. The first-order valence-corrected chi connectivity index (χ1v) is 13.1. The number of methoxy groups -OCH3 is 1. The molecule has 1 amide bonds. The van der Waals surface area contributed by atoms with E-state index in [1.54, 1.807) is 30.4 Å². The fourth-order valence-corrected chi connectivity index (χ4v) is 4.53. The van der Waals surface area contributed by atoms with E-state index in [1.165, 1.54) is 7.11 Å². The lowest BCUT2D eigenvalue weighted by atomic mass is 10.0. The van der Waals surface area contributed by atoms with Gasteiger partial charge in [-0.15, -0.1) is 0 Å². The highest BCUT2D eigenvalue weighted by atomic mass is 16.5. The van der Waals surface area contributed by atoms with Crippen LogP contribution in [0.5, 0.6) is 11.5 Å². The molecule has 1 aliphatic heterocycles. The van der Waals surface area contributed by atoms with E-state index >= 15 is 0 Å². The summed E-state index contributed by atoms with van der Waals surface area (Å²) in [5, 5.41) is 9.69. The Morgan fingerprint density at radius 2 is 1.58 bits per heavy atom. The third-order valence-electron chi connectivity index (χ3n) is 6.63. The number of carbonyl (C=O) groups is 1. The number of phenolic OH excluding ortho intramolecular Hbond substituents is 1. The molecule has 1 saturated heterocycles. The number of ether oxygens (including phenoxy) is 2. The molecule has 0 spiro atoms. The van der Waals surface area contributed by atoms with Crippen LogP contribution in [0.15, 0.2) is 97.1 Å². The van der Waals surface area contributed by atoms with Crippen molar-refractivity contribution in [2.75, 3.05) is 46.4 Å². The minimum Gasteiger partial charge on any atom is -0.504 e. The summed E-state index contributed by atoms with van der Waals surface area (Å²) >= 11 is 0. The van der Waals surface area contributed by atoms with Gasteiger partial charge in [0.1, 0.15) is 6.10 Å². The van der Waals surface area contributed by atoms with Crippen LogP contribution < -0.4 is 4.74 Å². The molecular weight excluding hydrogens is 476 g/mol. The molecule has 0 bridgehead atoms. The summed E-state index contributed by atoms with van der Waals surface area (Å²) < 4.78 is 11.5. The molecular formula is C32H36N2O4. The van der Waals surface area contributed by atoms with Crippen molar-refractivity contribution >= 4 is 12.0 Å². The summed E-state index contributed by atoms with van der Waals surface area (Å²) in [5.41, 5.74) is 3.21. The lowest BCUT2D eigenvalue weighted by molar-refractivity contribution is -0.127. The molecule has 1 N–H and O–H groups in total. The maximum atomic E-state index is 12.6. The van der Waals surface area contributed by atoms with Crippen molar-refractivity contribution in [1.82, 2.24) is 9.80 Å². The van der Waals surface area contributed by atoms with Crippen LogP contribution in [0.4, 0.5) is 0 Å². The number of aromatic hydroxyl groups is 1. The molecule has 38 heavy (non-hydrogen) atoms. The van der Waals surface area contributed by atoms with Gasteiger partial charge in [-0.1, -0.05) is 85.0 Å². The van der Waals surface area contributed by atoms with Gasteiger partial charge in [0.15, 0.2) is 11.5 Å². The Hall–Kier alpha value is -3.87. The zero-order valence-corrected chi connectivity index (χ0v) is 21.9. The average Bonchev–Trinajstić information content (AvgIpc) is 2.97. The van der Waals surface area contributed by atoms with Gasteiger partial charge in [-0.3, -0.25) is 9.69 Å². The topological polar surface area (TPSA) is 62.2 Å². The summed E-state index contributed by atoms with van der Waals surface area (Å²) in [6.07, 6.45) is 7.91. The average molecular weight is 513 g/mol. The van der Waals surface area contributed by atoms with Gasteiger partial charge in [-0.25, -0.2) is 0 Å². The van der Waals surface area contributed by atoms with Gasteiger partial charge in [0.2, 0.25) is 5.91 Å². The second-order valence-electron chi connectivity index (χ2n) is 9.24. The summed E-state index contributed by atoms with van der Waals surface area (Å²) in [6.45, 7) is 4.80. The van der Waals surface area contributed by atoms with E-state index < -0.39 is 0 Å². The second-order valence-corrected chi connectivity index (χ2v) is 9.24. The first kappa shape index (κ1) is 27.2. The number of carbonyl (C=O) groups excluding carboxylic acids is 1. The maximum absolute atomic E-state index is 12.6. The van der Waals surface area contributed by atoms with Crippen molar-refractivity contribution in [1.29, 1.82) is 0 Å². The molecule has 0 atom stereocenters. The second kappa shape index (κ2) is 14.2. The van der Waals surface area contributed by atoms with E-state index in [2.05, 4.69) is 29.2 Å². The highest BCUT2D eigenvalue weighted by molar-refractivity contribution is 5.88. The summed E-state index contributed by atoms with van der Waals surface area (Å²) in [5.74, 6) is 0.545. The quantitative estimate of drug-likeness (QED) is 0.214. The Labute approximate surface area is 225 Å².